The topological polar surface area (TPSA) is 189 Å². The van der Waals surface area contributed by atoms with Crippen LogP contribution in [0.3, 0.4) is 0 Å². The Hall–Kier alpha value is -4.45. The van der Waals surface area contributed by atoms with Gasteiger partial charge < -0.3 is 25.2 Å². The summed E-state index contributed by atoms with van der Waals surface area (Å²) in [5.41, 5.74) is 5.32. The molecule has 0 fully saturated rings. The first-order chi connectivity index (χ1) is 29.5. The van der Waals surface area contributed by atoms with Crippen molar-refractivity contribution in [1.82, 2.24) is 0 Å². The number of carbonyl (C=O) groups is 4. The van der Waals surface area contributed by atoms with E-state index in [4.69, 9.17) is 24.8 Å². The SMILES string of the molecule is CC/C=C\C/C=C\C/C=C\C/C=C\C/C=C\C/C=C\CCC(=O)O[C@H](COC(=O)CCC/C=C\C/C=C\C/C=C\C=C\C(=O)CCCCC)COP(=O)(O)OC[C@H](N)C(=O)O. The van der Waals surface area contributed by atoms with Crippen LogP contribution < -0.4 is 5.73 Å². The highest BCUT2D eigenvalue weighted by molar-refractivity contribution is 7.47. The quantitative estimate of drug-likeness (QED) is 0.0133. The van der Waals surface area contributed by atoms with Crippen molar-refractivity contribution >= 4 is 31.5 Å². The zero-order chi connectivity index (χ0) is 45.1. The van der Waals surface area contributed by atoms with Gasteiger partial charge in [0.15, 0.2) is 11.9 Å². The lowest BCUT2D eigenvalue weighted by atomic mass is 10.1. The van der Waals surface area contributed by atoms with Gasteiger partial charge in [-0.2, -0.15) is 0 Å². The van der Waals surface area contributed by atoms with E-state index in [9.17, 15) is 28.6 Å². The van der Waals surface area contributed by atoms with Crippen molar-refractivity contribution in [3.63, 3.8) is 0 Å². The molecule has 0 saturated carbocycles. The summed E-state index contributed by atoms with van der Waals surface area (Å²) in [6.07, 6.45) is 51.3. The lowest BCUT2D eigenvalue weighted by Crippen LogP contribution is -2.34. The summed E-state index contributed by atoms with van der Waals surface area (Å²) in [4.78, 5) is 57.6. The molecule has 0 aliphatic heterocycles. The molecule has 0 spiro atoms. The molecule has 12 nitrogen and oxygen atoms in total. The number of carboxylic acids is 1. The molecular formula is C48H72NO11P. The number of nitrogens with two attached hydrogens (primary N) is 1. The number of carbonyl (C=O) groups excluding carboxylic acids is 3. The van der Waals surface area contributed by atoms with Crippen LogP contribution in [0.1, 0.15) is 123 Å². The molecular weight excluding hydrogens is 797 g/mol. The standard InChI is InChI=1S/C48H72NO11P/c1-3-5-7-8-9-10-11-12-13-14-15-16-17-18-21-25-28-31-35-39-47(52)60-44(41-58-61(55,56)59-42-45(49)48(53)54)40-57-46(51)38-34-30-27-24-22-19-20-23-26-29-33-37-43(50)36-32-6-4-2/h5,7,9-10,12-13,15-16,18-21,24,26-29,31,33,37,44-45H,3-4,6,8,11,14,17,22-23,25,30,32,34-36,38-42,49H2,1-2H3,(H,53,54)(H,55,56)/b7-5-,10-9-,13-12-,16-15-,20-19-,21-18-,27-24-,29-26-,31-28-,37-33+/t44-,45+/m1/s1. The summed E-state index contributed by atoms with van der Waals surface area (Å²) in [5, 5.41) is 8.89. The van der Waals surface area contributed by atoms with Crippen molar-refractivity contribution in [2.45, 2.75) is 135 Å². The Morgan fingerprint density at radius 1 is 0.574 bits per heavy atom. The molecule has 0 aromatic heterocycles. The highest BCUT2D eigenvalue weighted by Crippen LogP contribution is 2.43. The molecule has 0 rings (SSSR count). The maximum atomic E-state index is 12.6. The summed E-state index contributed by atoms with van der Waals surface area (Å²) >= 11 is 0. The van der Waals surface area contributed by atoms with Gasteiger partial charge in [0, 0.05) is 19.3 Å². The van der Waals surface area contributed by atoms with E-state index in [2.05, 4.69) is 73.1 Å². The number of ether oxygens (including phenoxy) is 2. The number of hydrogen-bond acceptors (Lipinski definition) is 10. The number of aliphatic carboxylic acids is 1. The number of phosphoric ester groups is 1. The van der Waals surface area contributed by atoms with E-state index >= 15 is 0 Å². The average Bonchev–Trinajstić information content (AvgIpc) is 3.23. The normalized spacial score (nSPS) is 14.8. The summed E-state index contributed by atoms with van der Waals surface area (Å²) in [5.74, 6) is -2.47. The predicted molar refractivity (Wildman–Crippen MR) is 244 cm³/mol. The van der Waals surface area contributed by atoms with Gasteiger partial charge in [-0.05, 0) is 83.1 Å². The van der Waals surface area contributed by atoms with Crippen LogP contribution in [0.5, 0.6) is 0 Å². The molecule has 0 aromatic carbocycles. The molecule has 4 N–H and O–H groups in total. The van der Waals surface area contributed by atoms with Gasteiger partial charge >= 0.3 is 25.7 Å². The molecule has 0 heterocycles. The van der Waals surface area contributed by atoms with Crippen LogP contribution in [0.2, 0.25) is 0 Å². The van der Waals surface area contributed by atoms with Crippen molar-refractivity contribution in [3.8, 4) is 0 Å². The summed E-state index contributed by atoms with van der Waals surface area (Å²) in [7, 11) is -4.77. The van der Waals surface area contributed by atoms with E-state index < -0.39 is 57.7 Å². The Bertz CT molecular complexity index is 1550. The fourth-order valence-electron chi connectivity index (χ4n) is 4.80. The van der Waals surface area contributed by atoms with Gasteiger partial charge in [-0.1, -0.05) is 142 Å². The highest BCUT2D eigenvalue weighted by atomic mass is 31.2. The summed E-state index contributed by atoms with van der Waals surface area (Å²) in [6.45, 7) is 2.35. The molecule has 3 atom stereocenters. The van der Waals surface area contributed by atoms with Gasteiger partial charge in [-0.25, -0.2) is 4.57 Å². The molecule has 1 unspecified atom stereocenters. The van der Waals surface area contributed by atoms with Crippen molar-refractivity contribution in [3.05, 3.63) is 122 Å². The average molecular weight is 870 g/mol. The van der Waals surface area contributed by atoms with E-state index in [1.165, 1.54) is 0 Å². The van der Waals surface area contributed by atoms with Crippen molar-refractivity contribution < 1.29 is 52.3 Å². The molecule has 0 amide bonds. The molecule has 0 radical (unpaired) electrons. The first-order valence-electron chi connectivity index (χ1n) is 21.5. The fourth-order valence-corrected chi connectivity index (χ4v) is 5.58. The predicted octanol–water partition coefficient (Wildman–Crippen LogP) is 10.8. The van der Waals surface area contributed by atoms with E-state index in [1.807, 2.05) is 54.7 Å². The van der Waals surface area contributed by atoms with Crippen molar-refractivity contribution in [2.24, 2.45) is 5.73 Å². The van der Waals surface area contributed by atoms with Gasteiger partial charge in [0.05, 0.1) is 13.2 Å². The van der Waals surface area contributed by atoms with Gasteiger partial charge in [-0.3, -0.25) is 28.2 Å². The van der Waals surface area contributed by atoms with Gasteiger partial charge in [-0.15, -0.1) is 0 Å². The zero-order valence-corrected chi connectivity index (χ0v) is 37.3. The number of rotatable bonds is 38. The van der Waals surface area contributed by atoms with Crippen LogP contribution in [0, 0.1) is 0 Å². The third-order valence-corrected chi connectivity index (χ3v) is 9.13. The maximum absolute atomic E-state index is 12.6. The van der Waals surface area contributed by atoms with E-state index in [1.54, 1.807) is 12.2 Å². The van der Waals surface area contributed by atoms with Gasteiger partial charge in [0.1, 0.15) is 12.6 Å². The smallest absolute Gasteiger partial charge is 0.472 e. The van der Waals surface area contributed by atoms with E-state index in [-0.39, 0.29) is 18.6 Å². The minimum atomic E-state index is -4.77. The molecule has 13 heteroatoms. The third-order valence-electron chi connectivity index (χ3n) is 8.18. The lowest BCUT2D eigenvalue weighted by Gasteiger charge is -2.20. The Morgan fingerprint density at radius 2 is 1.08 bits per heavy atom. The lowest BCUT2D eigenvalue weighted by molar-refractivity contribution is -0.161. The molecule has 61 heavy (non-hydrogen) atoms. The number of esters is 2. The molecule has 340 valence electrons. The molecule has 0 aromatic rings. The van der Waals surface area contributed by atoms with Crippen LogP contribution in [-0.4, -0.2) is 65.7 Å². The summed E-state index contributed by atoms with van der Waals surface area (Å²) in [6, 6.07) is -1.56. The minimum absolute atomic E-state index is 0.00432. The van der Waals surface area contributed by atoms with Crippen LogP contribution in [-0.2, 0) is 42.3 Å². The Morgan fingerprint density at radius 3 is 1.62 bits per heavy atom. The van der Waals surface area contributed by atoms with Crippen LogP contribution in [0.25, 0.3) is 0 Å². The van der Waals surface area contributed by atoms with Gasteiger partial charge in [0.2, 0.25) is 0 Å². The van der Waals surface area contributed by atoms with Crippen molar-refractivity contribution in [2.75, 3.05) is 19.8 Å². The second kappa shape index (κ2) is 40.9. The van der Waals surface area contributed by atoms with Gasteiger partial charge in [0.25, 0.3) is 0 Å². The van der Waals surface area contributed by atoms with E-state index in [0.29, 0.717) is 32.1 Å². The van der Waals surface area contributed by atoms with E-state index in [0.717, 1.165) is 64.2 Å². The number of allylic oxidation sites excluding steroid dienone is 20. The number of carboxylic acid groups (broad SMARTS) is 1. The van der Waals surface area contributed by atoms with Crippen LogP contribution in [0.4, 0.5) is 0 Å². The van der Waals surface area contributed by atoms with Crippen molar-refractivity contribution in [1.29, 1.82) is 0 Å². The molecule has 0 bridgehead atoms. The fraction of sp³-hybridized carbons (Fsp3) is 0.500. The zero-order valence-electron chi connectivity index (χ0n) is 36.4. The second-order valence-corrected chi connectivity index (χ2v) is 15.2. The second-order valence-electron chi connectivity index (χ2n) is 13.8. The molecule has 0 aliphatic rings. The van der Waals surface area contributed by atoms with Crippen LogP contribution in [0.15, 0.2) is 122 Å². The Kier molecular flexibility index (Phi) is 37.9. The Balaban J connectivity index is 4.66. The number of hydrogen-bond donors (Lipinski definition) is 3. The number of phosphoric acid groups is 1. The maximum Gasteiger partial charge on any atom is 0.472 e. The first kappa shape index (κ1) is 56.5. The summed E-state index contributed by atoms with van der Waals surface area (Å²) < 4.78 is 32.5. The largest absolute Gasteiger partial charge is 0.480 e. The number of unbranched alkanes of at least 4 members (excludes halogenated alkanes) is 3. The highest BCUT2D eigenvalue weighted by Gasteiger charge is 2.28. The Labute approximate surface area is 365 Å². The molecule has 0 saturated heterocycles. The first-order valence-corrected chi connectivity index (χ1v) is 23.0. The molecule has 0 aliphatic carbocycles. The third kappa shape index (κ3) is 40.7. The number of ketones is 1. The monoisotopic (exact) mass is 869 g/mol. The van der Waals surface area contributed by atoms with Crippen LogP contribution >= 0.6 is 7.82 Å². The minimum Gasteiger partial charge on any atom is -0.480 e.